The third-order valence-corrected chi connectivity index (χ3v) is 5.01. The molecule has 0 aromatic carbocycles. The summed E-state index contributed by atoms with van der Waals surface area (Å²) in [5.41, 5.74) is -0.0828. The highest BCUT2D eigenvalue weighted by Gasteiger charge is 2.32. The van der Waals surface area contributed by atoms with Crippen molar-refractivity contribution in [2.24, 2.45) is 7.05 Å². The lowest BCUT2D eigenvalue weighted by Crippen LogP contribution is -2.41. The summed E-state index contributed by atoms with van der Waals surface area (Å²) in [6.45, 7) is 1.55. The minimum atomic E-state index is -0.0828. The maximum atomic E-state index is 11.7. The highest BCUT2D eigenvalue weighted by atomic mass is 79.9. The Kier molecular flexibility index (Phi) is 4.42. The first kappa shape index (κ1) is 15.4. The van der Waals surface area contributed by atoms with Gasteiger partial charge in [-0.25, -0.2) is 4.79 Å². The van der Waals surface area contributed by atoms with Gasteiger partial charge in [0.1, 0.15) is 5.75 Å². The quantitative estimate of drug-likeness (QED) is 0.884. The van der Waals surface area contributed by atoms with Crippen LogP contribution in [0.5, 0.6) is 5.75 Å². The summed E-state index contributed by atoms with van der Waals surface area (Å²) >= 11 is 3.44. The van der Waals surface area contributed by atoms with Gasteiger partial charge >= 0.3 is 6.03 Å². The summed E-state index contributed by atoms with van der Waals surface area (Å²) in [4.78, 5) is 25.3. The standard InChI is InChI=1S/C15H20BrN3O3/c1-18-9-12(16)13(8-14(18)20)22-11-4-2-10(3-5-11)19-7-6-17-15(19)21/h8-11H,2-7H2,1H3,(H,17,21)/t10-,11-. The van der Waals surface area contributed by atoms with Crippen LogP contribution in [0.1, 0.15) is 25.7 Å². The highest BCUT2D eigenvalue weighted by molar-refractivity contribution is 9.10. The van der Waals surface area contributed by atoms with Crippen molar-refractivity contribution in [3.05, 3.63) is 27.1 Å². The lowest BCUT2D eigenvalue weighted by molar-refractivity contribution is 0.108. The molecule has 0 bridgehead atoms. The number of hydrogen-bond acceptors (Lipinski definition) is 3. The molecule has 22 heavy (non-hydrogen) atoms. The van der Waals surface area contributed by atoms with Gasteiger partial charge in [0.15, 0.2) is 0 Å². The third-order valence-electron chi connectivity index (χ3n) is 4.41. The molecule has 0 unspecified atom stereocenters. The van der Waals surface area contributed by atoms with Crippen LogP contribution < -0.4 is 15.6 Å². The average molecular weight is 370 g/mol. The fourth-order valence-electron chi connectivity index (χ4n) is 3.16. The molecule has 120 valence electrons. The first-order valence-corrected chi connectivity index (χ1v) is 8.41. The fraction of sp³-hybridized carbons (Fsp3) is 0.600. The zero-order valence-corrected chi connectivity index (χ0v) is 14.1. The number of nitrogens with zero attached hydrogens (tertiary/aromatic N) is 2. The molecule has 7 heteroatoms. The van der Waals surface area contributed by atoms with E-state index in [2.05, 4.69) is 21.2 Å². The van der Waals surface area contributed by atoms with Crippen LogP contribution in [0.2, 0.25) is 0 Å². The molecule has 1 aliphatic heterocycles. The molecule has 1 N–H and O–H groups in total. The normalized spacial score (nSPS) is 25.2. The molecule has 2 aliphatic rings. The number of pyridine rings is 1. The summed E-state index contributed by atoms with van der Waals surface area (Å²) in [7, 11) is 1.71. The van der Waals surface area contributed by atoms with E-state index in [1.165, 1.54) is 10.6 Å². The van der Waals surface area contributed by atoms with Crippen molar-refractivity contribution in [2.45, 2.75) is 37.8 Å². The van der Waals surface area contributed by atoms with Gasteiger partial charge in [-0.05, 0) is 41.6 Å². The molecule has 2 amide bonds. The minimum Gasteiger partial charge on any atom is -0.489 e. The molecule has 1 saturated heterocycles. The largest absolute Gasteiger partial charge is 0.489 e. The van der Waals surface area contributed by atoms with Gasteiger partial charge in [-0.3, -0.25) is 4.79 Å². The third kappa shape index (κ3) is 3.14. The van der Waals surface area contributed by atoms with E-state index in [0.29, 0.717) is 11.8 Å². The van der Waals surface area contributed by atoms with E-state index >= 15 is 0 Å². The Bertz CT molecular complexity index is 623. The Hall–Kier alpha value is -1.50. The Morgan fingerprint density at radius 3 is 2.64 bits per heavy atom. The van der Waals surface area contributed by atoms with Crippen molar-refractivity contribution >= 4 is 22.0 Å². The zero-order valence-electron chi connectivity index (χ0n) is 12.5. The fourth-order valence-corrected chi connectivity index (χ4v) is 3.67. The number of amides is 2. The maximum absolute atomic E-state index is 11.7. The van der Waals surface area contributed by atoms with Crippen LogP contribution in [0.15, 0.2) is 21.5 Å². The van der Waals surface area contributed by atoms with Crippen LogP contribution in [0.3, 0.4) is 0 Å². The van der Waals surface area contributed by atoms with Crippen LogP contribution in [-0.2, 0) is 7.05 Å². The van der Waals surface area contributed by atoms with Crippen molar-refractivity contribution < 1.29 is 9.53 Å². The average Bonchev–Trinajstić information content (AvgIpc) is 2.92. The van der Waals surface area contributed by atoms with E-state index in [-0.39, 0.29) is 17.7 Å². The number of aryl methyl sites for hydroxylation is 1. The van der Waals surface area contributed by atoms with Crippen LogP contribution in [0.4, 0.5) is 4.79 Å². The predicted molar refractivity (Wildman–Crippen MR) is 86.2 cm³/mol. The number of urea groups is 1. The molecule has 1 saturated carbocycles. The number of halogens is 1. The van der Waals surface area contributed by atoms with Gasteiger partial charge in [0.2, 0.25) is 0 Å². The molecule has 2 fully saturated rings. The molecule has 6 nitrogen and oxygen atoms in total. The molecule has 0 radical (unpaired) electrons. The van der Waals surface area contributed by atoms with Crippen molar-refractivity contribution in [3.63, 3.8) is 0 Å². The number of aromatic nitrogens is 1. The van der Waals surface area contributed by atoms with Crippen LogP contribution in [0.25, 0.3) is 0 Å². The van der Waals surface area contributed by atoms with E-state index in [1.54, 1.807) is 13.2 Å². The topological polar surface area (TPSA) is 63.6 Å². The van der Waals surface area contributed by atoms with Gasteiger partial charge < -0.3 is 19.5 Å². The minimum absolute atomic E-state index is 0.0543. The Balaban J connectivity index is 1.59. The molecule has 1 aromatic rings. The number of carbonyl (C=O) groups is 1. The lowest BCUT2D eigenvalue weighted by Gasteiger charge is -2.34. The number of carbonyl (C=O) groups excluding carboxylic acids is 1. The second-order valence-corrected chi connectivity index (χ2v) is 6.76. The van der Waals surface area contributed by atoms with Gasteiger partial charge in [0.25, 0.3) is 5.56 Å². The van der Waals surface area contributed by atoms with E-state index in [0.717, 1.165) is 43.2 Å². The van der Waals surface area contributed by atoms with Crippen LogP contribution in [0, 0.1) is 0 Å². The van der Waals surface area contributed by atoms with E-state index in [1.807, 2.05) is 4.90 Å². The number of hydrogen-bond donors (Lipinski definition) is 1. The first-order chi connectivity index (χ1) is 10.5. The molecular formula is C15H20BrN3O3. The van der Waals surface area contributed by atoms with Gasteiger partial charge in [0.05, 0.1) is 10.6 Å². The molecular weight excluding hydrogens is 350 g/mol. The van der Waals surface area contributed by atoms with Gasteiger partial charge in [-0.1, -0.05) is 0 Å². The number of rotatable bonds is 3. The van der Waals surface area contributed by atoms with E-state index < -0.39 is 0 Å². The summed E-state index contributed by atoms with van der Waals surface area (Å²) in [6, 6.07) is 1.89. The van der Waals surface area contributed by atoms with Gasteiger partial charge in [-0.2, -0.15) is 0 Å². The highest BCUT2D eigenvalue weighted by Crippen LogP contribution is 2.30. The smallest absolute Gasteiger partial charge is 0.317 e. The summed E-state index contributed by atoms with van der Waals surface area (Å²) in [6.07, 6.45) is 5.51. The summed E-state index contributed by atoms with van der Waals surface area (Å²) < 4.78 is 8.28. The van der Waals surface area contributed by atoms with Crippen molar-refractivity contribution in [1.29, 1.82) is 0 Å². The summed E-state index contributed by atoms with van der Waals surface area (Å²) in [5, 5.41) is 2.85. The number of ether oxygens (including phenoxy) is 1. The SMILES string of the molecule is Cn1cc(Br)c(O[C@H]2CC[C@H](N3CCNC3=O)CC2)cc1=O. The molecule has 0 spiro atoms. The first-order valence-electron chi connectivity index (χ1n) is 7.62. The Morgan fingerprint density at radius 2 is 2.00 bits per heavy atom. The van der Waals surface area contributed by atoms with E-state index in [4.69, 9.17) is 4.74 Å². The molecule has 2 heterocycles. The van der Waals surface area contributed by atoms with Gasteiger partial charge in [0, 0.05) is 38.4 Å². The Morgan fingerprint density at radius 1 is 1.27 bits per heavy atom. The lowest BCUT2D eigenvalue weighted by atomic mass is 9.92. The van der Waals surface area contributed by atoms with Crippen LogP contribution >= 0.6 is 15.9 Å². The molecule has 0 atom stereocenters. The van der Waals surface area contributed by atoms with Crippen molar-refractivity contribution in [3.8, 4) is 5.75 Å². The van der Waals surface area contributed by atoms with Crippen molar-refractivity contribution in [1.82, 2.24) is 14.8 Å². The molecule has 1 aliphatic carbocycles. The predicted octanol–water partition coefficient (Wildman–Crippen LogP) is 1.86. The molecule has 3 rings (SSSR count). The Labute approximate surface area is 137 Å². The summed E-state index contributed by atoms with van der Waals surface area (Å²) in [5.74, 6) is 0.602. The van der Waals surface area contributed by atoms with Crippen LogP contribution in [-0.4, -0.2) is 40.7 Å². The maximum Gasteiger partial charge on any atom is 0.317 e. The zero-order chi connectivity index (χ0) is 15.7. The molecule has 1 aromatic heterocycles. The van der Waals surface area contributed by atoms with Gasteiger partial charge in [-0.15, -0.1) is 0 Å². The van der Waals surface area contributed by atoms with Crippen molar-refractivity contribution in [2.75, 3.05) is 13.1 Å². The second-order valence-electron chi connectivity index (χ2n) is 5.91. The van der Waals surface area contributed by atoms with E-state index in [9.17, 15) is 9.59 Å². The second kappa shape index (κ2) is 6.32. The number of nitrogens with one attached hydrogen (secondary N) is 1. The monoisotopic (exact) mass is 369 g/mol.